The Morgan fingerprint density at radius 3 is 2.36 bits per heavy atom. The van der Waals surface area contributed by atoms with Crippen molar-refractivity contribution in [3.05, 3.63) is 72.4 Å². The summed E-state index contributed by atoms with van der Waals surface area (Å²) in [7, 11) is -4.08. The number of hydrogen-bond acceptors (Lipinski definition) is 6. The summed E-state index contributed by atoms with van der Waals surface area (Å²) in [5.74, 6) is 0.760. The number of ether oxygens (including phenoxy) is 1. The molecule has 0 unspecified atom stereocenters. The highest BCUT2D eigenvalue weighted by molar-refractivity contribution is 7.87. The molecule has 0 radical (unpaired) electrons. The Kier molecular flexibility index (Phi) is 5.60. The van der Waals surface area contributed by atoms with Crippen molar-refractivity contribution in [1.82, 2.24) is 4.98 Å². The lowest BCUT2D eigenvalue weighted by Gasteiger charge is -2.12. The summed E-state index contributed by atoms with van der Waals surface area (Å²) in [5, 5.41) is 2.56. The highest BCUT2D eigenvalue weighted by atomic mass is 32.2. The molecule has 0 bridgehead atoms. The largest absolute Gasteiger partial charge is 0.439 e. The van der Waals surface area contributed by atoms with Crippen molar-refractivity contribution in [2.45, 2.75) is 18.7 Å². The molecule has 7 nitrogen and oxygen atoms in total. The maximum absolute atomic E-state index is 12.7. The standard InChI is InChI=1S/C20H18N2O5S/c1-14-6-7-16(22-15(2)23)13-19(14)28(24,25)27-18-10-8-17(9-11-18)26-20-5-3-4-12-21-20/h3-13H,1-2H3,(H,22,23). The molecule has 0 fully saturated rings. The predicted molar refractivity (Wildman–Crippen MR) is 104 cm³/mol. The van der Waals surface area contributed by atoms with E-state index in [0.29, 0.717) is 22.9 Å². The quantitative estimate of drug-likeness (QED) is 0.633. The van der Waals surface area contributed by atoms with Crippen LogP contribution in [0.1, 0.15) is 12.5 Å². The SMILES string of the molecule is CC(=O)Nc1ccc(C)c(S(=O)(=O)Oc2ccc(Oc3ccccn3)cc2)c1. The molecule has 0 saturated carbocycles. The smallest absolute Gasteiger partial charge is 0.339 e. The van der Waals surface area contributed by atoms with Crippen LogP contribution in [-0.2, 0) is 14.9 Å². The summed E-state index contributed by atoms with van der Waals surface area (Å²) >= 11 is 0. The molecule has 0 atom stereocenters. The molecule has 0 spiro atoms. The number of nitrogens with zero attached hydrogens (tertiary/aromatic N) is 1. The van der Waals surface area contributed by atoms with Gasteiger partial charge in [0.05, 0.1) is 0 Å². The fourth-order valence-corrected chi connectivity index (χ4v) is 3.60. The molecule has 0 aliphatic rings. The van der Waals surface area contributed by atoms with Crippen LogP contribution in [0.15, 0.2) is 71.8 Å². The molecule has 3 aromatic rings. The molecule has 144 valence electrons. The van der Waals surface area contributed by atoms with E-state index in [1.807, 2.05) is 0 Å². The van der Waals surface area contributed by atoms with Crippen LogP contribution >= 0.6 is 0 Å². The third-order valence-electron chi connectivity index (χ3n) is 3.67. The van der Waals surface area contributed by atoms with Crippen molar-refractivity contribution >= 4 is 21.7 Å². The third kappa shape index (κ3) is 4.86. The number of carbonyl (C=O) groups is 1. The first-order valence-corrected chi connectivity index (χ1v) is 9.76. The van der Waals surface area contributed by atoms with Crippen LogP contribution < -0.4 is 14.2 Å². The summed E-state index contributed by atoms with van der Waals surface area (Å²) in [6, 6.07) is 16.0. The zero-order valence-corrected chi connectivity index (χ0v) is 16.1. The first-order chi connectivity index (χ1) is 13.3. The fraction of sp³-hybridized carbons (Fsp3) is 0.100. The van der Waals surface area contributed by atoms with Crippen LogP contribution in [0.4, 0.5) is 5.69 Å². The molecule has 2 aromatic carbocycles. The van der Waals surface area contributed by atoms with Gasteiger partial charge in [-0.2, -0.15) is 8.42 Å². The van der Waals surface area contributed by atoms with Crippen molar-refractivity contribution in [2.24, 2.45) is 0 Å². The summed E-state index contributed by atoms with van der Waals surface area (Å²) in [4.78, 5) is 15.2. The van der Waals surface area contributed by atoms with Crippen molar-refractivity contribution in [3.8, 4) is 17.4 Å². The highest BCUT2D eigenvalue weighted by Crippen LogP contribution is 2.27. The number of pyridine rings is 1. The van der Waals surface area contributed by atoms with Crippen molar-refractivity contribution in [2.75, 3.05) is 5.32 Å². The maximum Gasteiger partial charge on any atom is 0.339 e. The molecule has 3 rings (SSSR count). The minimum absolute atomic E-state index is 0.0208. The van der Waals surface area contributed by atoms with Crippen LogP contribution in [0, 0.1) is 6.92 Å². The van der Waals surface area contributed by atoms with Crippen molar-refractivity contribution in [1.29, 1.82) is 0 Å². The van der Waals surface area contributed by atoms with Gasteiger partial charge in [-0.1, -0.05) is 12.1 Å². The van der Waals surface area contributed by atoms with Crippen LogP contribution in [0.5, 0.6) is 17.4 Å². The Morgan fingerprint density at radius 1 is 1.00 bits per heavy atom. The second kappa shape index (κ2) is 8.10. The number of carbonyl (C=O) groups excluding carboxylic acids is 1. The van der Waals surface area contributed by atoms with Gasteiger partial charge < -0.3 is 14.2 Å². The first-order valence-electron chi connectivity index (χ1n) is 8.35. The highest BCUT2D eigenvalue weighted by Gasteiger charge is 2.20. The predicted octanol–water partition coefficient (Wildman–Crippen LogP) is 3.91. The van der Waals surface area contributed by atoms with E-state index in [2.05, 4.69) is 10.3 Å². The Balaban J connectivity index is 1.78. The summed E-state index contributed by atoms with van der Waals surface area (Å²) in [5.41, 5.74) is 0.878. The van der Waals surface area contributed by atoms with Gasteiger partial charge in [0.1, 0.15) is 16.4 Å². The van der Waals surface area contributed by atoms with E-state index in [1.165, 1.54) is 25.1 Å². The van der Waals surface area contributed by atoms with Crippen LogP contribution in [0.2, 0.25) is 0 Å². The van der Waals surface area contributed by atoms with E-state index < -0.39 is 10.1 Å². The molecule has 1 heterocycles. The summed E-state index contributed by atoms with van der Waals surface area (Å²) in [6.45, 7) is 3.00. The molecule has 8 heteroatoms. The Morgan fingerprint density at radius 2 is 1.71 bits per heavy atom. The Labute approximate surface area is 163 Å². The van der Waals surface area contributed by atoms with Crippen molar-refractivity contribution in [3.63, 3.8) is 0 Å². The van der Waals surface area contributed by atoms with Gasteiger partial charge in [0, 0.05) is 24.9 Å². The molecule has 0 saturated heterocycles. The zero-order valence-electron chi connectivity index (χ0n) is 15.2. The van der Waals surface area contributed by atoms with Gasteiger partial charge >= 0.3 is 10.1 Å². The monoisotopic (exact) mass is 398 g/mol. The number of hydrogen-bond donors (Lipinski definition) is 1. The molecule has 1 amide bonds. The van der Waals surface area contributed by atoms with E-state index in [4.69, 9.17) is 8.92 Å². The lowest BCUT2D eigenvalue weighted by Crippen LogP contribution is -2.13. The van der Waals surface area contributed by atoms with E-state index in [9.17, 15) is 13.2 Å². The first kappa shape index (κ1) is 19.4. The van der Waals surface area contributed by atoms with Crippen LogP contribution in [0.25, 0.3) is 0 Å². The normalized spacial score (nSPS) is 10.9. The average molecular weight is 398 g/mol. The van der Waals surface area contributed by atoms with E-state index in [0.717, 1.165) is 0 Å². The summed E-state index contributed by atoms with van der Waals surface area (Å²) < 4.78 is 36.1. The lowest BCUT2D eigenvalue weighted by molar-refractivity contribution is -0.114. The van der Waals surface area contributed by atoms with Crippen LogP contribution in [-0.4, -0.2) is 19.3 Å². The molecule has 28 heavy (non-hydrogen) atoms. The van der Waals surface area contributed by atoms with Gasteiger partial charge in [-0.25, -0.2) is 4.98 Å². The zero-order chi connectivity index (χ0) is 20.1. The van der Waals surface area contributed by atoms with Gasteiger partial charge in [0.25, 0.3) is 0 Å². The minimum Gasteiger partial charge on any atom is -0.439 e. The average Bonchev–Trinajstić information content (AvgIpc) is 2.65. The van der Waals surface area contributed by atoms with Gasteiger partial charge in [-0.15, -0.1) is 0 Å². The fourth-order valence-electron chi connectivity index (χ4n) is 2.41. The topological polar surface area (TPSA) is 94.6 Å². The number of rotatable bonds is 6. The number of anilines is 1. The number of aromatic nitrogens is 1. The second-order valence-electron chi connectivity index (χ2n) is 5.94. The Bertz CT molecular complexity index is 1080. The number of benzene rings is 2. The van der Waals surface area contributed by atoms with Gasteiger partial charge in [0.2, 0.25) is 11.8 Å². The molecule has 0 aliphatic heterocycles. The minimum atomic E-state index is -4.08. The summed E-state index contributed by atoms with van der Waals surface area (Å²) in [6.07, 6.45) is 1.61. The number of amides is 1. The van der Waals surface area contributed by atoms with Gasteiger partial charge in [-0.05, 0) is 55.0 Å². The lowest BCUT2D eigenvalue weighted by atomic mass is 10.2. The van der Waals surface area contributed by atoms with Gasteiger partial charge in [0.15, 0.2) is 0 Å². The number of aryl methyl sites for hydroxylation is 1. The molecular formula is C20H18N2O5S. The van der Waals surface area contributed by atoms with E-state index >= 15 is 0 Å². The van der Waals surface area contributed by atoms with Crippen LogP contribution in [0.3, 0.4) is 0 Å². The molecular weight excluding hydrogens is 380 g/mol. The molecule has 1 aromatic heterocycles. The number of nitrogens with one attached hydrogen (secondary N) is 1. The van der Waals surface area contributed by atoms with Crippen molar-refractivity contribution < 1.29 is 22.1 Å². The Hall–Kier alpha value is -3.39. The molecule has 1 N–H and O–H groups in total. The van der Waals surface area contributed by atoms with E-state index in [-0.39, 0.29) is 16.6 Å². The molecule has 0 aliphatic carbocycles. The third-order valence-corrected chi connectivity index (χ3v) is 5.06. The van der Waals surface area contributed by atoms with E-state index in [1.54, 1.807) is 55.6 Å². The van der Waals surface area contributed by atoms with Gasteiger partial charge in [-0.3, -0.25) is 4.79 Å². The maximum atomic E-state index is 12.7. The second-order valence-corrected chi connectivity index (χ2v) is 7.46.